The zero-order valence-corrected chi connectivity index (χ0v) is 11.3. The molecule has 0 aliphatic heterocycles. The van der Waals surface area contributed by atoms with Crippen LogP contribution in [0.1, 0.15) is 70.7 Å². The number of nitrogens with zero attached hydrogens (tertiary/aromatic N) is 4. The third-order valence-electron chi connectivity index (χ3n) is 3.06. The minimum atomic E-state index is -0.807. The molecular formula is C12H22N4O2. The molecule has 1 heterocycles. The van der Waals surface area contributed by atoms with E-state index >= 15 is 0 Å². The van der Waals surface area contributed by atoms with Gasteiger partial charge in [0.05, 0.1) is 12.5 Å². The van der Waals surface area contributed by atoms with Gasteiger partial charge in [0.2, 0.25) is 0 Å². The quantitative estimate of drug-likeness (QED) is 0.770. The molecule has 6 nitrogen and oxygen atoms in total. The summed E-state index contributed by atoms with van der Waals surface area (Å²) in [6.45, 7) is 6.23. The van der Waals surface area contributed by atoms with Crippen LogP contribution in [-0.2, 0) is 4.79 Å². The number of aromatic nitrogens is 4. The fourth-order valence-corrected chi connectivity index (χ4v) is 2.19. The lowest BCUT2D eigenvalue weighted by Gasteiger charge is -2.18. The highest BCUT2D eigenvalue weighted by atomic mass is 16.4. The van der Waals surface area contributed by atoms with Crippen LogP contribution in [0.25, 0.3) is 0 Å². The highest BCUT2D eigenvalue weighted by Gasteiger charge is 2.22. The van der Waals surface area contributed by atoms with Crippen LogP contribution < -0.4 is 0 Å². The van der Waals surface area contributed by atoms with Crippen molar-refractivity contribution in [2.24, 2.45) is 0 Å². The average Bonchev–Trinajstić information content (AvgIpc) is 2.77. The van der Waals surface area contributed by atoms with Crippen molar-refractivity contribution in [1.29, 1.82) is 0 Å². The van der Waals surface area contributed by atoms with Crippen molar-refractivity contribution < 1.29 is 9.90 Å². The van der Waals surface area contributed by atoms with E-state index in [0.29, 0.717) is 0 Å². The van der Waals surface area contributed by atoms with Gasteiger partial charge >= 0.3 is 5.97 Å². The number of carboxylic acid groups (broad SMARTS) is 1. The largest absolute Gasteiger partial charge is 0.481 e. The maximum Gasteiger partial charge on any atom is 0.305 e. The van der Waals surface area contributed by atoms with Gasteiger partial charge in [-0.05, 0) is 23.3 Å². The molecule has 0 amide bonds. The number of carbonyl (C=O) groups is 1. The van der Waals surface area contributed by atoms with Crippen LogP contribution in [-0.4, -0.2) is 31.3 Å². The Morgan fingerprint density at radius 2 is 2.00 bits per heavy atom. The molecule has 0 aliphatic carbocycles. The number of tetrazole rings is 1. The molecule has 0 bridgehead atoms. The summed E-state index contributed by atoms with van der Waals surface area (Å²) in [6, 6.07) is -0.142. The first-order valence-corrected chi connectivity index (χ1v) is 6.59. The Morgan fingerprint density at radius 3 is 2.56 bits per heavy atom. The Morgan fingerprint density at radius 1 is 1.33 bits per heavy atom. The lowest BCUT2D eigenvalue weighted by atomic mass is 10.0. The third kappa shape index (κ3) is 3.78. The van der Waals surface area contributed by atoms with Crippen molar-refractivity contribution in [3.05, 3.63) is 5.82 Å². The predicted octanol–water partition coefficient (Wildman–Crippen LogP) is 2.39. The van der Waals surface area contributed by atoms with Crippen molar-refractivity contribution >= 4 is 5.97 Å². The summed E-state index contributed by atoms with van der Waals surface area (Å²) in [5, 5.41) is 20.7. The van der Waals surface area contributed by atoms with E-state index in [0.717, 1.165) is 31.5 Å². The minimum Gasteiger partial charge on any atom is -0.481 e. The van der Waals surface area contributed by atoms with Crippen LogP contribution in [0.3, 0.4) is 0 Å². The standard InChI is InChI=1S/C12H22N4O2/c1-4-6-9(3)12-13-14-15-16(12)10(7-5-2)8-11(17)18/h9-10H,4-8H2,1-3H3,(H,17,18). The van der Waals surface area contributed by atoms with Gasteiger partial charge in [0.15, 0.2) is 5.82 Å². The molecule has 1 aromatic heterocycles. The average molecular weight is 254 g/mol. The first-order chi connectivity index (χ1) is 8.60. The number of aliphatic carboxylic acids is 1. The molecular weight excluding hydrogens is 232 g/mol. The van der Waals surface area contributed by atoms with E-state index in [2.05, 4.69) is 29.4 Å². The number of carboxylic acids is 1. The normalized spacial score (nSPS) is 14.4. The highest BCUT2D eigenvalue weighted by molar-refractivity contribution is 5.67. The second kappa shape index (κ2) is 7.08. The molecule has 2 unspecified atom stereocenters. The van der Waals surface area contributed by atoms with Gasteiger partial charge in [0.25, 0.3) is 0 Å². The van der Waals surface area contributed by atoms with E-state index < -0.39 is 5.97 Å². The fourth-order valence-electron chi connectivity index (χ4n) is 2.19. The third-order valence-corrected chi connectivity index (χ3v) is 3.06. The first-order valence-electron chi connectivity index (χ1n) is 6.59. The monoisotopic (exact) mass is 254 g/mol. The molecule has 1 rings (SSSR count). The molecule has 0 spiro atoms. The summed E-state index contributed by atoms with van der Waals surface area (Å²) in [7, 11) is 0. The molecule has 1 N–H and O–H groups in total. The molecule has 0 radical (unpaired) electrons. The molecule has 0 aliphatic rings. The Hall–Kier alpha value is -1.46. The van der Waals surface area contributed by atoms with E-state index in [-0.39, 0.29) is 18.4 Å². The lowest BCUT2D eigenvalue weighted by molar-refractivity contribution is -0.138. The number of hydrogen-bond acceptors (Lipinski definition) is 4. The summed E-state index contributed by atoms with van der Waals surface area (Å²) in [5.41, 5.74) is 0. The van der Waals surface area contributed by atoms with Crippen molar-refractivity contribution in [2.45, 2.75) is 64.8 Å². The van der Waals surface area contributed by atoms with Gasteiger partial charge < -0.3 is 5.11 Å². The van der Waals surface area contributed by atoms with Gasteiger partial charge in [-0.3, -0.25) is 4.79 Å². The molecule has 6 heteroatoms. The van der Waals surface area contributed by atoms with Crippen LogP contribution in [0.2, 0.25) is 0 Å². The zero-order valence-electron chi connectivity index (χ0n) is 11.3. The SMILES string of the molecule is CCCC(C)c1nnnn1C(CCC)CC(=O)O. The maximum atomic E-state index is 10.9. The Kier molecular flexibility index (Phi) is 5.74. The van der Waals surface area contributed by atoms with Crippen LogP contribution >= 0.6 is 0 Å². The second-order valence-electron chi connectivity index (χ2n) is 4.71. The molecule has 0 fully saturated rings. The Balaban J connectivity index is 2.90. The summed E-state index contributed by atoms with van der Waals surface area (Å²) in [6.07, 6.45) is 3.84. The van der Waals surface area contributed by atoms with Crippen LogP contribution in [0, 0.1) is 0 Å². The van der Waals surface area contributed by atoms with Crippen LogP contribution in [0.15, 0.2) is 0 Å². The summed E-state index contributed by atoms with van der Waals surface area (Å²) >= 11 is 0. The molecule has 102 valence electrons. The number of rotatable bonds is 8. The van der Waals surface area contributed by atoms with Crippen molar-refractivity contribution in [3.63, 3.8) is 0 Å². The van der Waals surface area contributed by atoms with Gasteiger partial charge in [-0.15, -0.1) is 5.10 Å². The second-order valence-corrected chi connectivity index (χ2v) is 4.71. The predicted molar refractivity (Wildman–Crippen MR) is 67.3 cm³/mol. The summed E-state index contributed by atoms with van der Waals surface area (Å²) in [5.74, 6) is 0.257. The van der Waals surface area contributed by atoms with Crippen LogP contribution in [0.4, 0.5) is 0 Å². The van der Waals surface area contributed by atoms with Gasteiger partial charge in [-0.1, -0.05) is 33.6 Å². The van der Waals surface area contributed by atoms with Gasteiger partial charge in [0.1, 0.15) is 0 Å². The van der Waals surface area contributed by atoms with Crippen molar-refractivity contribution in [2.75, 3.05) is 0 Å². The van der Waals surface area contributed by atoms with Crippen molar-refractivity contribution in [3.8, 4) is 0 Å². The molecule has 0 aromatic carbocycles. The summed E-state index contributed by atoms with van der Waals surface area (Å²) in [4.78, 5) is 10.9. The zero-order chi connectivity index (χ0) is 13.5. The van der Waals surface area contributed by atoms with E-state index in [4.69, 9.17) is 5.11 Å². The Bertz CT molecular complexity index is 378. The molecule has 0 saturated heterocycles. The van der Waals surface area contributed by atoms with E-state index in [1.807, 2.05) is 6.92 Å². The molecule has 1 aromatic rings. The van der Waals surface area contributed by atoms with Gasteiger partial charge in [-0.2, -0.15) is 0 Å². The van der Waals surface area contributed by atoms with E-state index in [1.165, 1.54) is 0 Å². The topological polar surface area (TPSA) is 80.9 Å². The van der Waals surface area contributed by atoms with E-state index in [1.54, 1.807) is 4.68 Å². The fraction of sp³-hybridized carbons (Fsp3) is 0.833. The molecule has 2 atom stereocenters. The number of hydrogen-bond donors (Lipinski definition) is 1. The smallest absolute Gasteiger partial charge is 0.305 e. The van der Waals surface area contributed by atoms with Gasteiger partial charge in [-0.25, -0.2) is 4.68 Å². The Labute approximate surface area is 107 Å². The van der Waals surface area contributed by atoms with Crippen LogP contribution in [0.5, 0.6) is 0 Å². The maximum absolute atomic E-state index is 10.9. The molecule has 0 saturated carbocycles. The van der Waals surface area contributed by atoms with Crippen molar-refractivity contribution in [1.82, 2.24) is 20.2 Å². The highest BCUT2D eigenvalue weighted by Crippen LogP contribution is 2.24. The lowest BCUT2D eigenvalue weighted by Crippen LogP contribution is -2.19. The summed E-state index contributed by atoms with van der Waals surface area (Å²) < 4.78 is 1.71. The minimum absolute atomic E-state index is 0.0741. The van der Waals surface area contributed by atoms with Gasteiger partial charge in [0, 0.05) is 5.92 Å². The first kappa shape index (κ1) is 14.6. The molecule has 18 heavy (non-hydrogen) atoms. The van der Waals surface area contributed by atoms with E-state index in [9.17, 15) is 4.79 Å².